The van der Waals surface area contributed by atoms with Crippen LogP contribution in [-0.4, -0.2) is 42.7 Å². The summed E-state index contributed by atoms with van der Waals surface area (Å²) in [7, 11) is 1.63. The molecule has 0 bridgehead atoms. The summed E-state index contributed by atoms with van der Waals surface area (Å²) in [4.78, 5) is 14.7. The Bertz CT molecular complexity index is 525. The number of piperidine rings is 1. The first-order valence-electron chi connectivity index (χ1n) is 8.10. The summed E-state index contributed by atoms with van der Waals surface area (Å²) in [6.07, 6.45) is 3.96. The molecule has 1 aromatic carbocycles. The number of carbonyl (C=O) groups excluding carboxylic acids is 1. The first-order chi connectivity index (χ1) is 10.5. The van der Waals surface area contributed by atoms with Crippen molar-refractivity contribution in [3.05, 3.63) is 29.3 Å². The molecule has 2 rings (SSSR count). The van der Waals surface area contributed by atoms with Gasteiger partial charge in [0.1, 0.15) is 5.75 Å². The molecule has 1 N–H and O–H groups in total. The SMILES string of the molecule is CCC[C@]1(CO)CCCN(C(=O)c2ccc(OC)c(C)c2)C1. The van der Waals surface area contributed by atoms with Gasteiger partial charge in [-0.2, -0.15) is 0 Å². The number of nitrogens with zero attached hydrogens (tertiary/aromatic N) is 1. The molecule has 1 fully saturated rings. The lowest BCUT2D eigenvalue weighted by molar-refractivity contribution is 0.0222. The molecule has 1 aliphatic rings. The van der Waals surface area contributed by atoms with Crippen LogP contribution in [0.2, 0.25) is 0 Å². The number of likely N-dealkylation sites (tertiary alicyclic amines) is 1. The number of rotatable bonds is 5. The number of aliphatic hydroxyl groups is 1. The van der Waals surface area contributed by atoms with Crippen molar-refractivity contribution in [2.75, 3.05) is 26.8 Å². The standard InChI is InChI=1S/C18H27NO3/c1-4-8-18(13-20)9-5-10-19(12-18)17(21)15-6-7-16(22-3)14(2)11-15/h6-7,11,20H,4-5,8-10,12-13H2,1-3H3/t18-/m0/s1. The van der Waals surface area contributed by atoms with E-state index < -0.39 is 0 Å². The topological polar surface area (TPSA) is 49.8 Å². The third-order valence-corrected chi connectivity index (χ3v) is 4.71. The van der Waals surface area contributed by atoms with Gasteiger partial charge in [0.25, 0.3) is 5.91 Å². The first kappa shape index (κ1) is 16.8. The van der Waals surface area contributed by atoms with Crippen LogP contribution in [0.4, 0.5) is 0 Å². The lowest BCUT2D eigenvalue weighted by Gasteiger charge is -2.42. The van der Waals surface area contributed by atoms with E-state index in [0.29, 0.717) is 12.1 Å². The maximum Gasteiger partial charge on any atom is 0.253 e. The number of aliphatic hydroxyl groups excluding tert-OH is 1. The Morgan fingerprint density at radius 1 is 1.45 bits per heavy atom. The third-order valence-electron chi connectivity index (χ3n) is 4.71. The van der Waals surface area contributed by atoms with Crippen molar-refractivity contribution in [3.8, 4) is 5.75 Å². The molecule has 1 aromatic rings. The van der Waals surface area contributed by atoms with Gasteiger partial charge in [0, 0.05) is 24.1 Å². The molecule has 0 aromatic heterocycles. The highest BCUT2D eigenvalue weighted by atomic mass is 16.5. The van der Waals surface area contributed by atoms with Crippen LogP contribution in [0.1, 0.15) is 48.5 Å². The number of hydrogen-bond acceptors (Lipinski definition) is 3. The van der Waals surface area contributed by atoms with Gasteiger partial charge in [-0.25, -0.2) is 0 Å². The highest BCUT2D eigenvalue weighted by Gasteiger charge is 2.36. The number of aryl methyl sites for hydroxylation is 1. The Morgan fingerprint density at radius 2 is 2.23 bits per heavy atom. The highest BCUT2D eigenvalue weighted by molar-refractivity contribution is 5.94. The lowest BCUT2D eigenvalue weighted by atomic mass is 9.77. The van der Waals surface area contributed by atoms with Crippen molar-refractivity contribution < 1.29 is 14.6 Å². The Kier molecular flexibility index (Phi) is 5.46. The number of ether oxygens (including phenoxy) is 1. The maximum atomic E-state index is 12.8. The Labute approximate surface area is 133 Å². The molecule has 122 valence electrons. The lowest BCUT2D eigenvalue weighted by Crippen LogP contribution is -2.47. The fourth-order valence-corrected chi connectivity index (χ4v) is 3.52. The fraction of sp³-hybridized carbons (Fsp3) is 0.611. The molecule has 1 heterocycles. The quantitative estimate of drug-likeness (QED) is 0.909. The van der Waals surface area contributed by atoms with Crippen molar-refractivity contribution in [2.45, 2.75) is 39.5 Å². The largest absolute Gasteiger partial charge is 0.496 e. The summed E-state index contributed by atoms with van der Waals surface area (Å²) in [5, 5.41) is 9.80. The van der Waals surface area contributed by atoms with E-state index in [0.717, 1.165) is 43.5 Å². The van der Waals surface area contributed by atoms with Crippen LogP contribution >= 0.6 is 0 Å². The molecule has 0 aliphatic carbocycles. The van der Waals surface area contributed by atoms with E-state index in [2.05, 4.69) is 6.92 Å². The van der Waals surface area contributed by atoms with E-state index in [4.69, 9.17) is 4.74 Å². The second-order valence-electron chi connectivity index (χ2n) is 6.42. The molecule has 1 amide bonds. The van der Waals surface area contributed by atoms with Crippen LogP contribution in [0.3, 0.4) is 0 Å². The van der Waals surface area contributed by atoms with Crippen LogP contribution in [0.25, 0.3) is 0 Å². The van der Waals surface area contributed by atoms with Crippen molar-refractivity contribution >= 4 is 5.91 Å². The van der Waals surface area contributed by atoms with Gasteiger partial charge in [0.05, 0.1) is 13.7 Å². The zero-order valence-electron chi connectivity index (χ0n) is 13.9. The molecular weight excluding hydrogens is 278 g/mol. The van der Waals surface area contributed by atoms with Crippen molar-refractivity contribution in [2.24, 2.45) is 5.41 Å². The van der Waals surface area contributed by atoms with E-state index in [1.807, 2.05) is 30.0 Å². The minimum atomic E-state index is -0.121. The number of benzene rings is 1. The molecule has 0 spiro atoms. The highest BCUT2D eigenvalue weighted by Crippen LogP contribution is 2.35. The number of carbonyl (C=O) groups is 1. The molecule has 1 atom stereocenters. The zero-order valence-corrected chi connectivity index (χ0v) is 13.9. The second kappa shape index (κ2) is 7.14. The molecule has 0 saturated carbocycles. The molecule has 22 heavy (non-hydrogen) atoms. The Balaban J connectivity index is 2.16. The van der Waals surface area contributed by atoms with Crippen molar-refractivity contribution in [1.29, 1.82) is 0 Å². The van der Waals surface area contributed by atoms with Gasteiger partial charge in [-0.1, -0.05) is 13.3 Å². The average molecular weight is 305 g/mol. The van der Waals surface area contributed by atoms with Crippen molar-refractivity contribution in [3.63, 3.8) is 0 Å². The fourth-order valence-electron chi connectivity index (χ4n) is 3.52. The summed E-state index contributed by atoms with van der Waals surface area (Å²) in [5.74, 6) is 0.852. The predicted molar refractivity (Wildman–Crippen MR) is 87.3 cm³/mol. The van der Waals surface area contributed by atoms with Gasteiger partial charge in [0.15, 0.2) is 0 Å². The van der Waals surface area contributed by atoms with E-state index in [1.165, 1.54) is 0 Å². The van der Waals surface area contributed by atoms with Crippen LogP contribution in [0, 0.1) is 12.3 Å². The Hall–Kier alpha value is -1.55. The van der Waals surface area contributed by atoms with Gasteiger partial charge in [-0.15, -0.1) is 0 Å². The van der Waals surface area contributed by atoms with E-state index in [1.54, 1.807) is 7.11 Å². The molecule has 4 heteroatoms. The number of amides is 1. The smallest absolute Gasteiger partial charge is 0.253 e. The summed E-state index contributed by atoms with van der Waals surface area (Å²) in [6, 6.07) is 5.55. The maximum absolute atomic E-state index is 12.8. The predicted octanol–water partition coefficient (Wildman–Crippen LogP) is 3.02. The van der Waals surface area contributed by atoms with Crippen LogP contribution < -0.4 is 4.74 Å². The molecular formula is C18H27NO3. The first-order valence-corrected chi connectivity index (χ1v) is 8.10. The van der Waals surface area contributed by atoms with Crippen LogP contribution in [-0.2, 0) is 0 Å². The van der Waals surface area contributed by atoms with E-state index in [-0.39, 0.29) is 17.9 Å². The second-order valence-corrected chi connectivity index (χ2v) is 6.42. The third kappa shape index (κ3) is 3.43. The van der Waals surface area contributed by atoms with Gasteiger partial charge in [0.2, 0.25) is 0 Å². The molecule has 0 radical (unpaired) electrons. The monoisotopic (exact) mass is 305 g/mol. The van der Waals surface area contributed by atoms with Gasteiger partial charge in [-0.3, -0.25) is 4.79 Å². The summed E-state index contributed by atoms with van der Waals surface area (Å²) >= 11 is 0. The van der Waals surface area contributed by atoms with E-state index >= 15 is 0 Å². The summed E-state index contributed by atoms with van der Waals surface area (Å²) in [5.41, 5.74) is 1.54. The zero-order chi connectivity index (χ0) is 16.2. The van der Waals surface area contributed by atoms with Crippen LogP contribution in [0.15, 0.2) is 18.2 Å². The van der Waals surface area contributed by atoms with E-state index in [9.17, 15) is 9.90 Å². The normalized spacial score (nSPS) is 21.7. The van der Waals surface area contributed by atoms with Gasteiger partial charge < -0.3 is 14.7 Å². The Morgan fingerprint density at radius 3 is 2.82 bits per heavy atom. The molecule has 1 aliphatic heterocycles. The van der Waals surface area contributed by atoms with Gasteiger partial charge >= 0.3 is 0 Å². The molecule has 0 unspecified atom stereocenters. The molecule has 4 nitrogen and oxygen atoms in total. The number of methoxy groups -OCH3 is 1. The van der Waals surface area contributed by atoms with Crippen molar-refractivity contribution in [1.82, 2.24) is 4.90 Å². The molecule has 1 saturated heterocycles. The van der Waals surface area contributed by atoms with Crippen LogP contribution in [0.5, 0.6) is 5.75 Å². The minimum absolute atomic E-state index is 0.0550. The number of hydrogen-bond donors (Lipinski definition) is 1. The van der Waals surface area contributed by atoms with Gasteiger partial charge in [-0.05, 0) is 49.9 Å². The summed E-state index contributed by atoms with van der Waals surface area (Å²) < 4.78 is 5.25. The minimum Gasteiger partial charge on any atom is -0.496 e. The average Bonchev–Trinajstić information content (AvgIpc) is 2.54. The summed E-state index contributed by atoms with van der Waals surface area (Å²) in [6.45, 7) is 5.66.